The lowest BCUT2D eigenvalue weighted by Crippen LogP contribution is -2.04. The SMILES string of the molecule is Cc1ccccc1C(=O)c1ccc(C)c2ccccc12. The molecule has 0 aromatic heterocycles. The Bertz CT molecular complexity index is 800. The Morgan fingerprint density at radius 3 is 2.05 bits per heavy atom. The van der Waals surface area contributed by atoms with Crippen LogP contribution in [0.5, 0.6) is 0 Å². The summed E-state index contributed by atoms with van der Waals surface area (Å²) in [6.07, 6.45) is 0. The number of carbonyl (C=O) groups is 1. The smallest absolute Gasteiger partial charge is 0.193 e. The number of ketones is 1. The molecule has 0 fully saturated rings. The number of rotatable bonds is 2. The quantitative estimate of drug-likeness (QED) is 0.611. The van der Waals surface area contributed by atoms with E-state index in [1.807, 2.05) is 61.5 Å². The van der Waals surface area contributed by atoms with Crippen molar-refractivity contribution in [3.63, 3.8) is 0 Å². The second-order valence-electron chi connectivity index (χ2n) is 5.12. The van der Waals surface area contributed by atoms with E-state index in [-0.39, 0.29) is 5.78 Å². The van der Waals surface area contributed by atoms with Crippen LogP contribution in [0.4, 0.5) is 0 Å². The summed E-state index contributed by atoms with van der Waals surface area (Å²) in [6, 6.07) is 19.8. The Balaban J connectivity index is 2.23. The molecule has 1 heteroatoms. The van der Waals surface area contributed by atoms with E-state index in [0.717, 1.165) is 27.5 Å². The van der Waals surface area contributed by atoms with Crippen molar-refractivity contribution in [1.82, 2.24) is 0 Å². The zero-order chi connectivity index (χ0) is 14.1. The maximum atomic E-state index is 12.8. The summed E-state index contributed by atoms with van der Waals surface area (Å²) in [5.41, 5.74) is 3.77. The van der Waals surface area contributed by atoms with E-state index in [9.17, 15) is 4.79 Å². The molecule has 3 rings (SSSR count). The van der Waals surface area contributed by atoms with Gasteiger partial charge in [0.25, 0.3) is 0 Å². The summed E-state index contributed by atoms with van der Waals surface area (Å²) in [5.74, 6) is 0.0966. The standard InChI is InChI=1S/C19H16O/c1-13-7-3-4-9-16(13)19(20)18-12-11-14(2)15-8-5-6-10-17(15)18/h3-12H,1-2H3. The number of hydrogen-bond acceptors (Lipinski definition) is 1. The third-order valence-electron chi connectivity index (χ3n) is 3.78. The minimum atomic E-state index is 0.0966. The Kier molecular flexibility index (Phi) is 3.11. The van der Waals surface area contributed by atoms with Gasteiger partial charge in [-0.3, -0.25) is 4.79 Å². The predicted octanol–water partition coefficient (Wildman–Crippen LogP) is 4.69. The van der Waals surface area contributed by atoms with Crippen LogP contribution < -0.4 is 0 Å². The number of benzene rings is 3. The molecule has 3 aromatic carbocycles. The topological polar surface area (TPSA) is 17.1 Å². The van der Waals surface area contributed by atoms with Gasteiger partial charge in [0.15, 0.2) is 5.78 Å². The van der Waals surface area contributed by atoms with Crippen LogP contribution in [0.25, 0.3) is 10.8 Å². The molecule has 1 nitrogen and oxygen atoms in total. The Morgan fingerprint density at radius 2 is 1.30 bits per heavy atom. The third-order valence-corrected chi connectivity index (χ3v) is 3.78. The Hall–Kier alpha value is -2.41. The maximum Gasteiger partial charge on any atom is 0.193 e. The van der Waals surface area contributed by atoms with Gasteiger partial charge in [-0.2, -0.15) is 0 Å². The summed E-state index contributed by atoms with van der Waals surface area (Å²) in [5, 5.41) is 2.17. The monoisotopic (exact) mass is 260 g/mol. The minimum absolute atomic E-state index is 0.0966. The fraction of sp³-hybridized carbons (Fsp3) is 0.105. The molecule has 0 N–H and O–H groups in total. The molecule has 0 atom stereocenters. The molecule has 98 valence electrons. The highest BCUT2D eigenvalue weighted by atomic mass is 16.1. The Labute approximate surface area is 118 Å². The van der Waals surface area contributed by atoms with Gasteiger partial charge in [0.05, 0.1) is 0 Å². The lowest BCUT2D eigenvalue weighted by atomic mass is 9.93. The maximum absolute atomic E-state index is 12.8. The second-order valence-corrected chi connectivity index (χ2v) is 5.12. The van der Waals surface area contributed by atoms with Gasteiger partial charge in [-0.15, -0.1) is 0 Å². The number of fused-ring (bicyclic) bond motifs is 1. The summed E-state index contributed by atoms with van der Waals surface area (Å²) in [4.78, 5) is 12.8. The lowest BCUT2D eigenvalue weighted by Gasteiger charge is -2.09. The molecular formula is C19H16O. The van der Waals surface area contributed by atoms with Crippen molar-refractivity contribution in [3.05, 3.63) is 82.9 Å². The molecule has 0 amide bonds. The highest BCUT2D eigenvalue weighted by Gasteiger charge is 2.14. The van der Waals surface area contributed by atoms with E-state index < -0.39 is 0 Å². The van der Waals surface area contributed by atoms with Crippen molar-refractivity contribution in [3.8, 4) is 0 Å². The van der Waals surface area contributed by atoms with Gasteiger partial charge in [-0.05, 0) is 35.7 Å². The first-order chi connectivity index (χ1) is 9.68. The average Bonchev–Trinajstić information content (AvgIpc) is 2.48. The molecule has 0 aliphatic heterocycles. The van der Waals surface area contributed by atoms with Crippen LogP contribution in [0, 0.1) is 13.8 Å². The van der Waals surface area contributed by atoms with Crippen molar-refractivity contribution in [2.45, 2.75) is 13.8 Å². The van der Waals surface area contributed by atoms with Crippen LogP contribution in [-0.4, -0.2) is 5.78 Å². The normalized spacial score (nSPS) is 10.7. The van der Waals surface area contributed by atoms with E-state index >= 15 is 0 Å². The first-order valence-corrected chi connectivity index (χ1v) is 6.77. The van der Waals surface area contributed by atoms with Crippen LogP contribution in [0.3, 0.4) is 0 Å². The molecule has 0 bridgehead atoms. The molecular weight excluding hydrogens is 244 g/mol. The van der Waals surface area contributed by atoms with Crippen molar-refractivity contribution in [2.24, 2.45) is 0 Å². The van der Waals surface area contributed by atoms with Crippen LogP contribution in [0.2, 0.25) is 0 Å². The van der Waals surface area contributed by atoms with Gasteiger partial charge in [-0.25, -0.2) is 0 Å². The van der Waals surface area contributed by atoms with Crippen LogP contribution >= 0.6 is 0 Å². The molecule has 0 saturated carbocycles. The van der Waals surface area contributed by atoms with E-state index in [1.165, 1.54) is 5.56 Å². The number of hydrogen-bond donors (Lipinski definition) is 0. The average molecular weight is 260 g/mol. The molecule has 0 spiro atoms. The van der Waals surface area contributed by atoms with Gasteiger partial charge in [-0.1, -0.05) is 60.7 Å². The van der Waals surface area contributed by atoms with E-state index in [0.29, 0.717) is 0 Å². The van der Waals surface area contributed by atoms with E-state index in [2.05, 4.69) is 13.0 Å². The Morgan fingerprint density at radius 1 is 0.650 bits per heavy atom. The van der Waals surface area contributed by atoms with Crippen molar-refractivity contribution in [1.29, 1.82) is 0 Å². The fourth-order valence-corrected chi connectivity index (χ4v) is 2.62. The first-order valence-electron chi connectivity index (χ1n) is 6.77. The first kappa shape index (κ1) is 12.6. The zero-order valence-electron chi connectivity index (χ0n) is 11.7. The molecule has 20 heavy (non-hydrogen) atoms. The molecule has 0 saturated heterocycles. The molecule has 0 heterocycles. The highest BCUT2D eigenvalue weighted by molar-refractivity contribution is 6.17. The minimum Gasteiger partial charge on any atom is -0.289 e. The van der Waals surface area contributed by atoms with Crippen LogP contribution in [0.15, 0.2) is 60.7 Å². The molecule has 0 aliphatic rings. The summed E-state index contributed by atoms with van der Waals surface area (Å²) in [7, 11) is 0. The second kappa shape index (κ2) is 4.93. The summed E-state index contributed by atoms with van der Waals surface area (Å²) >= 11 is 0. The highest BCUT2D eigenvalue weighted by Crippen LogP contribution is 2.25. The lowest BCUT2D eigenvalue weighted by molar-refractivity contribution is 0.103. The summed E-state index contributed by atoms with van der Waals surface area (Å²) < 4.78 is 0. The largest absolute Gasteiger partial charge is 0.289 e. The molecule has 0 aliphatic carbocycles. The molecule has 3 aromatic rings. The van der Waals surface area contributed by atoms with Gasteiger partial charge in [0, 0.05) is 11.1 Å². The molecule has 0 unspecified atom stereocenters. The van der Waals surface area contributed by atoms with Crippen molar-refractivity contribution >= 4 is 16.6 Å². The van der Waals surface area contributed by atoms with Gasteiger partial charge >= 0.3 is 0 Å². The predicted molar refractivity (Wildman–Crippen MR) is 83.3 cm³/mol. The number of carbonyl (C=O) groups excluding carboxylic acids is 1. The van der Waals surface area contributed by atoms with Crippen molar-refractivity contribution in [2.75, 3.05) is 0 Å². The van der Waals surface area contributed by atoms with Crippen LogP contribution in [-0.2, 0) is 0 Å². The van der Waals surface area contributed by atoms with Gasteiger partial charge in [0.1, 0.15) is 0 Å². The van der Waals surface area contributed by atoms with E-state index in [4.69, 9.17) is 0 Å². The molecule has 0 radical (unpaired) electrons. The van der Waals surface area contributed by atoms with Crippen molar-refractivity contribution < 1.29 is 4.79 Å². The number of aryl methyl sites for hydroxylation is 2. The fourth-order valence-electron chi connectivity index (χ4n) is 2.62. The summed E-state index contributed by atoms with van der Waals surface area (Å²) in [6.45, 7) is 4.05. The van der Waals surface area contributed by atoms with E-state index in [1.54, 1.807) is 0 Å². The third kappa shape index (κ3) is 2.01. The zero-order valence-corrected chi connectivity index (χ0v) is 11.7. The van der Waals surface area contributed by atoms with Crippen LogP contribution in [0.1, 0.15) is 27.0 Å². The van der Waals surface area contributed by atoms with Gasteiger partial charge in [0.2, 0.25) is 0 Å². The van der Waals surface area contributed by atoms with Gasteiger partial charge < -0.3 is 0 Å².